The van der Waals surface area contributed by atoms with Crippen molar-refractivity contribution in [2.24, 2.45) is 5.73 Å². The van der Waals surface area contributed by atoms with E-state index in [-0.39, 0.29) is 10.9 Å². The van der Waals surface area contributed by atoms with E-state index >= 15 is 0 Å². The van der Waals surface area contributed by atoms with Gasteiger partial charge in [0.15, 0.2) is 0 Å². The Hall–Kier alpha value is -1.76. The molecule has 3 N–H and O–H groups in total. The predicted octanol–water partition coefficient (Wildman–Crippen LogP) is 1.89. The standard InChI is InChI=1S/C15H19N3O2S/c1-11-13(9-16)5-3-7-15(11)21(19,20)18-12(2)14-6-4-8-17-10-14/h3-8,10,12,18H,9,16H2,1-2H3. The van der Waals surface area contributed by atoms with E-state index in [4.69, 9.17) is 5.73 Å². The Morgan fingerprint density at radius 3 is 2.67 bits per heavy atom. The normalized spacial score (nSPS) is 13.1. The molecular weight excluding hydrogens is 286 g/mol. The van der Waals surface area contributed by atoms with Gasteiger partial charge in [-0.1, -0.05) is 18.2 Å². The lowest BCUT2D eigenvalue weighted by Gasteiger charge is -2.16. The molecular formula is C15H19N3O2S. The third-order valence-corrected chi connectivity index (χ3v) is 5.11. The summed E-state index contributed by atoms with van der Waals surface area (Å²) < 4.78 is 27.7. The quantitative estimate of drug-likeness (QED) is 0.883. The first-order valence-electron chi connectivity index (χ1n) is 6.66. The molecule has 2 aromatic rings. The molecule has 0 saturated heterocycles. The highest BCUT2D eigenvalue weighted by molar-refractivity contribution is 7.89. The number of nitrogens with zero attached hydrogens (tertiary/aromatic N) is 1. The molecule has 6 heteroatoms. The molecule has 112 valence electrons. The molecule has 0 aliphatic rings. The first-order chi connectivity index (χ1) is 9.95. The molecule has 5 nitrogen and oxygen atoms in total. The van der Waals surface area contributed by atoms with Crippen molar-refractivity contribution in [1.29, 1.82) is 0 Å². The van der Waals surface area contributed by atoms with Crippen LogP contribution in [-0.4, -0.2) is 13.4 Å². The van der Waals surface area contributed by atoms with E-state index in [9.17, 15) is 8.42 Å². The van der Waals surface area contributed by atoms with Gasteiger partial charge < -0.3 is 5.73 Å². The number of hydrogen-bond acceptors (Lipinski definition) is 4. The third kappa shape index (κ3) is 3.47. The van der Waals surface area contributed by atoms with Crippen LogP contribution in [0, 0.1) is 6.92 Å². The summed E-state index contributed by atoms with van der Waals surface area (Å²) in [5.74, 6) is 0. The van der Waals surface area contributed by atoms with Gasteiger partial charge in [-0.25, -0.2) is 13.1 Å². The van der Waals surface area contributed by atoms with E-state index < -0.39 is 10.0 Å². The summed E-state index contributed by atoms with van der Waals surface area (Å²) >= 11 is 0. The lowest BCUT2D eigenvalue weighted by Crippen LogP contribution is -2.27. The van der Waals surface area contributed by atoms with Gasteiger partial charge in [0.1, 0.15) is 0 Å². The Morgan fingerprint density at radius 1 is 1.29 bits per heavy atom. The van der Waals surface area contributed by atoms with Gasteiger partial charge in [0.25, 0.3) is 0 Å². The van der Waals surface area contributed by atoms with Gasteiger partial charge in [-0.15, -0.1) is 0 Å². The average Bonchev–Trinajstić information content (AvgIpc) is 2.47. The summed E-state index contributed by atoms with van der Waals surface area (Å²) in [7, 11) is -3.60. The fourth-order valence-corrected chi connectivity index (χ4v) is 3.69. The fraction of sp³-hybridized carbons (Fsp3) is 0.267. The number of rotatable bonds is 5. The van der Waals surface area contributed by atoms with Gasteiger partial charge >= 0.3 is 0 Å². The van der Waals surface area contributed by atoms with Crippen molar-refractivity contribution in [1.82, 2.24) is 9.71 Å². The second-order valence-electron chi connectivity index (χ2n) is 4.87. The Balaban J connectivity index is 2.31. The Labute approximate surface area is 125 Å². The molecule has 1 unspecified atom stereocenters. The monoisotopic (exact) mass is 305 g/mol. The van der Waals surface area contributed by atoms with Crippen LogP contribution < -0.4 is 10.5 Å². The Kier molecular flexibility index (Phi) is 4.72. The van der Waals surface area contributed by atoms with Crippen molar-refractivity contribution in [3.05, 3.63) is 59.4 Å². The van der Waals surface area contributed by atoms with Crippen molar-refractivity contribution < 1.29 is 8.42 Å². The molecule has 1 heterocycles. The summed E-state index contributed by atoms with van der Waals surface area (Å²) in [6.07, 6.45) is 3.30. The first kappa shape index (κ1) is 15.6. The van der Waals surface area contributed by atoms with Gasteiger partial charge in [0.05, 0.1) is 4.90 Å². The van der Waals surface area contributed by atoms with Crippen LogP contribution in [0.15, 0.2) is 47.6 Å². The zero-order valence-electron chi connectivity index (χ0n) is 12.1. The second-order valence-corrected chi connectivity index (χ2v) is 6.56. The van der Waals surface area contributed by atoms with Crippen LogP contribution in [0.25, 0.3) is 0 Å². The van der Waals surface area contributed by atoms with Gasteiger partial charge in [-0.05, 0) is 42.7 Å². The zero-order valence-corrected chi connectivity index (χ0v) is 12.9. The van der Waals surface area contributed by atoms with Crippen molar-refractivity contribution in [3.63, 3.8) is 0 Å². The topological polar surface area (TPSA) is 85.1 Å². The van der Waals surface area contributed by atoms with Crippen molar-refractivity contribution in [3.8, 4) is 0 Å². The van der Waals surface area contributed by atoms with Gasteiger partial charge in [0.2, 0.25) is 10.0 Å². The molecule has 1 atom stereocenters. The van der Waals surface area contributed by atoms with Crippen LogP contribution in [0.2, 0.25) is 0 Å². The summed E-state index contributed by atoms with van der Waals surface area (Å²) in [5.41, 5.74) is 7.96. The minimum atomic E-state index is -3.60. The highest BCUT2D eigenvalue weighted by Crippen LogP contribution is 2.21. The molecule has 0 aliphatic heterocycles. The number of benzene rings is 1. The van der Waals surface area contributed by atoms with Crippen LogP contribution in [0.3, 0.4) is 0 Å². The van der Waals surface area contributed by atoms with Crippen LogP contribution in [0.4, 0.5) is 0 Å². The number of nitrogens with two attached hydrogens (primary N) is 1. The summed E-state index contributed by atoms with van der Waals surface area (Å²) in [5, 5.41) is 0. The highest BCUT2D eigenvalue weighted by Gasteiger charge is 2.21. The fourth-order valence-electron chi connectivity index (χ4n) is 2.17. The molecule has 0 radical (unpaired) electrons. The van der Waals surface area contributed by atoms with E-state index in [1.807, 2.05) is 12.1 Å². The molecule has 21 heavy (non-hydrogen) atoms. The third-order valence-electron chi connectivity index (χ3n) is 3.42. The van der Waals surface area contributed by atoms with Crippen molar-refractivity contribution in [2.75, 3.05) is 0 Å². The van der Waals surface area contributed by atoms with Gasteiger partial charge in [-0.3, -0.25) is 4.98 Å². The average molecular weight is 305 g/mol. The predicted molar refractivity (Wildman–Crippen MR) is 82.0 cm³/mol. The van der Waals surface area contributed by atoms with E-state index in [0.717, 1.165) is 11.1 Å². The number of pyridine rings is 1. The molecule has 1 aromatic carbocycles. The summed E-state index contributed by atoms with van der Waals surface area (Å²) in [4.78, 5) is 4.27. The first-order valence-corrected chi connectivity index (χ1v) is 8.15. The molecule has 0 spiro atoms. The molecule has 0 saturated carbocycles. The maximum absolute atomic E-state index is 12.5. The number of sulfonamides is 1. The van der Waals surface area contributed by atoms with Crippen molar-refractivity contribution in [2.45, 2.75) is 31.3 Å². The minimum Gasteiger partial charge on any atom is -0.326 e. The zero-order chi connectivity index (χ0) is 15.5. The lowest BCUT2D eigenvalue weighted by molar-refractivity contribution is 0.566. The molecule has 0 amide bonds. The molecule has 1 aromatic heterocycles. The van der Waals surface area contributed by atoms with E-state index in [0.29, 0.717) is 12.1 Å². The molecule has 2 rings (SSSR count). The van der Waals surface area contributed by atoms with Crippen LogP contribution in [0.1, 0.15) is 29.7 Å². The van der Waals surface area contributed by atoms with E-state index in [2.05, 4.69) is 9.71 Å². The Bertz CT molecular complexity index is 715. The largest absolute Gasteiger partial charge is 0.326 e. The molecule has 0 bridgehead atoms. The second kappa shape index (κ2) is 6.34. The SMILES string of the molecule is Cc1c(CN)cccc1S(=O)(=O)NC(C)c1cccnc1. The van der Waals surface area contributed by atoms with Gasteiger partial charge in [-0.2, -0.15) is 0 Å². The summed E-state index contributed by atoms with van der Waals surface area (Å²) in [6, 6.07) is 8.39. The number of nitrogens with one attached hydrogen (secondary N) is 1. The minimum absolute atomic E-state index is 0.265. The number of hydrogen-bond donors (Lipinski definition) is 2. The lowest BCUT2D eigenvalue weighted by atomic mass is 10.1. The maximum atomic E-state index is 12.5. The highest BCUT2D eigenvalue weighted by atomic mass is 32.2. The van der Waals surface area contributed by atoms with E-state index in [1.54, 1.807) is 44.4 Å². The van der Waals surface area contributed by atoms with Crippen LogP contribution in [0.5, 0.6) is 0 Å². The van der Waals surface area contributed by atoms with Gasteiger partial charge in [0, 0.05) is 25.0 Å². The summed E-state index contributed by atoms with van der Waals surface area (Å²) in [6.45, 7) is 3.87. The smallest absolute Gasteiger partial charge is 0.241 e. The molecule has 0 aliphatic carbocycles. The Morgan fingerprint density at radius 2 is 2.05 bits per heavy atom. The van der Waals surface area contributed by atoms with Crippen molar-refractivity contribution >= 4 is 10.0 Å². The van der Waals surface area contributed by atoms with E-state index in [1.165, 1.54) is 0 Å². The van der Waals surface area contributed by atoms with Crippen LogP contribution in [-0.2, 0) is 16.6 Å². The van der Waals surface area contributed by atoms with Crippen LogP contribution >= 0.6 is 0 Å². The molecule has 0 fully saturated rings. The maximum Gasteiger partial charge on any atom is 0.241 e. The number of aromatic nitrogens is 1.